The third-order valence-electron chi connectivity index (χ3n) is 4.26. The van der Waals surface area contributed by atoms with Gasteiger partial charge in [0, 0.05) is 18.4 Å². The molecule has 10 nitrogen and oxygen atoms in total. The zero-order valence-electron chi connectivity index (χ0n) is 18.4. The standard InChI is InChI=1S/C14H28O2.C6H8O7.Mg.H2O/c1-2-3-4-5-6-7-8-9-10-11-12-13-14(15)16;7-3(8)1-6(13,5(11)12)2-4(9)10;;/h2-13H2,1H3,(H,15,16);13H,1-2H2,(H,7,8)(H,9,10)(H,11,12);;1H2/q;;+2;/p-2. The van der Waals surface area contributed by atoms with Gasteiger partial charge in [0.2, 0.25) is 0 Å². The predicted octanol–water partition coefficient (Wildman–Crippen LogP) is -0.351. The molecule has 0 fully saturated rings. The van der Waals surface area contributed by atoms with Crippen molar-refractivity contribution in [2.75, 3.05) is 0 Å². The van der Waals surface area contributed by atoms with Gasteiger partial charge in [0.1, 0.15) is 0 Å². The van der Waals surface area contributed by atoms with E-state index in [9.17, 15) is 29.4 Å². The van der Waals surface area contributed by atoms with Crippen molar-refractivity contribution in [1.29, 1.82) is 0 Å². The van der Waals surface area contributed by atoms with E-state index in [1.165, 1.54) is 57.8 Å². The molecule has 11 heteroatoms. The summed E-state index contributed by atoms with van der Waals surface area (Å²) in [7, 11) is 0. The van der Waals surface area contributed by atoms with Crippen LogP contribution in [0.1, 0.15) is 96.8 Å². The van der Waals surface area contributed by atoms with Crippen LogP contribution >= 0.6 is 0 Å². The summed E-state index contributed by atoms with van der Waals surface area (Å²) in [4.78, 5) is 40.5. The summed E-state index contributed by atoms with van der Waals surface area (Å²) in [6, 6.07) is 0. The van der Waals surface area contributed by atoms with Crippen LogP contribution in [0.2, 0.25) is 0 Å². The first-order chi connectivity index (χ1) is 13.5. The first-order valence-electron chi connectivity index (χ1n) is 10.1. The first kappa shape index (κ1) is 36.9. The monoisotopic (exact) mass is 460 g/mol. The Labute approximate surface area is 199 Å². The van der Waals surface area contributed by atoms with Crippen molar-refractivity contribution in [1.82, 2.24) is 0 Å². The van der Waals surface area contributed by atoms with Gasteiger partial charge in [0.05, 0.1) is 6.42 Å². The van der Waals surface area contributed by atoms with Gasteiger partial charge < -0.3 is 40.6 Å². The molecule has 0 rings (SSSR count). The number of carboxylic acids is 4. The van der Waals surface area contributed by atoms with Crippen LogP contribution in [0, 0.1) is 0 Å². The second kappa shape index (κ2) is 23.2. The van der Waals surface area contributed by atoms with Crippen LogP contribution in [-0.4, -0.2) is 73.3 Å². The molecule has 0 aliphatic heterocycles. The maximum absolute atomic E-state index is 10.3. The summed E-state index contributed by atoms with van der Waals surface area (Å²) in [5.41, 5.74) is -2.80. The Morgan fingerprint density at radius 1 is 0.710 bits per heavy atom. The fraction of sp³-hybridized carbons (Fsp3) is 0.800. The van der Waals surface area contributed by atoms with E-state index in [1.54, 1.807) is 0 Å². The van der Waals surface area contributed by atoms with E-state index in [-0.39, 0.29) is 34.9 Å². The molecular formula is C20H36MgO10. The molecule has 0 aromatic carbocycles. The summed E-state index contributed by atoms with van der Waals surface area (Å²) in [6.45, 7) is 2.24. The van der Waals surface area contributed by atoms with Gasteiger partial charge in [0.15, 0.2) is 5.60 Å². The van der Waals surface area contributed by atoms with Crippen molar-refractivity contribution in [2.24, 2.45) is 0 Å². The molecule has 1 unspecified atom stereocenters. The molecule has 31 heavy (non-hydrogen) atoms. The third-order valence-corrected chi connectivity index (χ3v) is 4.26. The van der Waals surface area contributed by atoms with Crippen LogP contribution in [0.25, 0.3) is 0 Å². The Bertz CT molecular complexity index is 480. The van der Waals surface area contributed by atoms with Crippen LogP contribution in [0.15, 0.2) is 0 Å². The second-order valence-electron chi connectivity index (χ2n) is 7.11. The van der Waals surface area contributed by atoms with Gasteiger partial charge in [-0.15, -0.1) is 0 Å². The van der Waals surface area contributed by atoms with E-state index in [1.807, 2.05) is 0 Å². The van der Waals surface area contributed by atoms with Crippen molar-refractivity contribution >= 4 is 46.9 Å². The van der Waals surface area contributed by atoms with Crippen molar-refractivity contribution in [3.63, 3.8) is 0 Å². The van der Waals surface area contributed by atoms with E-state index in [2.05, 4.69) is 6.92 Å². The number of unbranched alkanes of at least 4 members (excludes halogenated alkanes) is 10. The molecule has 0 saturated carbocycles. The normalized spacial score (nSPS) is 11.5. The van der Waals surface area contributed by atoms with Crippen molar-refractivity contribution in [3.05, 3.63) is 0 Å². The summed E-state index contributed by atoms with van der Waals surface area (Å²) in [5.74, 6) is -6.24. The predicted molar refractivity (Wildman–Crippen MR) is 110 cm³/mol. The maximum Gasteiger partial charge on any atom is 2.00 e. The average molecular weight is 461 g/mol. The third kappa shape index (κ3) is 26.5. The molecule has 1 atom stereocenters. The number of aliphatic carboxylic acids is 4. The zero-order chi connectivity index (χ0) is 22.7. The number of aliphatic hydroxyl groups is 1. The van der Waals surface area contributed by atoms with Crippen LogP contribution in [0.3, 0.4) is 0 Å². The van der Waals surface area contributed by atoms with Crippen LogP contribution in [0.5, 0.6) is 0 Å². The number of hydrogen-bond acceptors (Lipinski definition) is 7. The first-order valence-corrected chi connectivity index (χ1v) is 10.1. The Morgan fingerprint density at radius 2 is 1.10 bits per heavy atom. The topological polar surface area (TPSA) is 207 Å². The molecule has 0 aromatic rings. The quantitative estimate of drug-likeness (QED) is 0.191. The van der Waals surface area contributed by atoms with E-state index in [0.29, 0.717) is 0 Å². The van der Waals surface area contributed by atoms with E-state index in [4.69, 9.17) is 15.3 Å². The minimum Gasteiger partial charge on any atom is -0.550 e. The van der Waals surface area contributed by atoms with E-state index >= 15 is 0 Å². The van der Waals surface area contributed by atoms with Crippen LogP contribution in [0.4, 0.5) is 0 Å². The van der Waals surface area contributed by atoms with Crippen LogP contribution < -0.4 is 10.2 Å². The molecule has 0 saturated heterocycles. The molecule has 0 aliphatic rings. The Morgan fingerprint density at radius 3 is 1.39 bits per heavy atom. The van der Waals surface area contributed by atoms with E-state index in [0.717, 1.165) is 12.8 Å². The molecule has 0 bridgehead atoms. The van der Waals surface area contributed by atoms with Crippen molar-refractivity contribution < 1.29 is 50.2 Å². The number of carbonyl (C=O) groups is 4. The van der Waals surface area contributed by atoms with Gasteiger partial charge in [-0.2, -0.15) is 0 Å². The SMILES string of the molecule is CCCCCCCCCCCCCC(=O)[O-].O.O=C([O-])CC(O)(CC(=O)O)C(=O)O.[Mg+2]. The number of hydrogen-bond donors (Lipinski definition) is 3. The fourth-order valence-electron chi connectivity index (χ4n) is 2.64. The summed E-state index contributed by atoms with van der Waals surface area (Å²) in [5, 5.41) is 45.7. The minimum absolute atomic E-state index is 0. The van der Waals surface area contributed by atoms with Gasteiger partial charge in [0.25, 0.3) is 0 Å². The fourth-order valence-corrected chi connectivity index (χ4v) is 2.64. The van der Waals surface area contributed by atoms with Crippen LogP contribution in [-0.2, 0) is 19.2 Å². The average Bonchev–Trinajstić information content (AvgIpc) is 2.58. The Hall–Kier alpha value is -1.43. The molecular weight excluding hydrogens is 425 g/mol. The molecule has 0 heterocycles. The van der Waals surface area contributed by atoms with Gasteiger partial charge >= 0.3 is 35.0 Å². The summed E-state index contributed by atoms with van der Waals surface area (Å²) >= 11 is 0. The molecule has 0 spiro atoms. The van der Waals surface area contributed by atoms with Gasteiger partial charge in [-0.1, -0.05) is 71.1 Å². The van der Waals surface area contributed by atoms with Gasteiger partial charge in [-0.3, -0.25) is 4.79 Å². The molecule has 0 radical (unpaired) electrons. The molecule has 0 aliphatic carbocycles. The molecule has 178 valence electrons. The summed E-state index contributed by atoms with van der Waals surface area (Å²) < 4.78 is 0. The van der Waals surface area contributed by atoms with Crippen molar-refractivity contribution in [3.8, 4) is 0 Å². The zero-order valence-corrected chi connectivity index (χ0v) is 19.8. The number of carbonyl (C=O) groups excluding carboxylic acids is 2. The maximum atomic E-state index is 10.3. The smallest absolute Gasteiger partial charge is 0.550 e. The van der Waals surface area contributed by atoms with Crippen molar-refractivity contribution in [2.45, 2.75) is 102 Å². The minimum atomic E-state index is -2.80. The van der Waals surface area contributed by atoms with Gasteiger partial charge in [-0.25, -0.2) is 4.79 Å². The largest absolute Gasteiger partial charge is 2.00 e. The number of carboxylic acid groups (broad SMARTS) is 4. The summed E-state index contributed by atoms with van der Waals surface area (Å²) in [6.07, 6.45) is 11.6. The molecule has 5 N–H and O–H groups in total. The Balaban J connectivity index is -0.000000225. The number of rotatable bonds is 17. The van der Waals surface area contributed by atoms with E-state index < -0.39 is 42.3 Å². The molecule has 0 aromatic heterocycles. The molecule has 0 amide bonds. The second-order valence-corrected chi connectivity index (χ2v) is 7.11. The Kier molecular flexibility index (Phi) is 27.7. The van der Waals surface area contributed by atoms with Gasteiger partial charge in [-0.05, 0) is 12.8 Å².